The zero-order valence-electron chi connectivity index (χ0n) is 18.9. The fraction of sp³-hybridized carbons (Fsp3) is 0.440. The van der Waals surface area contributed by atoms with Crippen molar-refractivity contribution >= 4 is 12.2 Å². The lowest BCUT2D eigenvalue weighted by Gasteiger charge is -2.38. The molecule has 2 aromatic carbocycles. The van der Waals surface area contributed by atoms with Gasteiger partial charge in [-0.15, -0.1) is 0 Å². The van der Waals surface area contributed by atoms with Crippen LogP contribution >= 0.6 is 0 Å². The molecule has 0 saturated carbocycles. The van der Waals surface area contributed by atoms with Crippen molar-refractivity contribution in [3.8, 4) is 0 Å². The van der Waals surface area contributed by atoms with Crippen molar-refractivity contribution in [2.45, 2.75) is 58.0 Å². The summed E-state index contributed by atoms with van der Waals surface area (Å²) >= 11 is 0. The van der Waals surface area contributed by atoms with Crippen LogP contribution in [0, 0.1) is 0 Å². The molecule has 0 bridgehead atoms. The molecule has 0 aromatic heterocycles. The minimum absolute atomic E-state index is 0.395. The Morgan fingerprint density at radius 1 is 0.645 bits per heavy atom. The summed E-state index contributed by atoms with van der Waals surface area (Å²) in [6, 6.07) is 19.2. The first-order chi connectivity index (χ1) is 14.6. The third-order valence-corrected chi connectivity index (χ3v) is 6.04. The van der Waals surface area contributed by atoms with Gasteiger partial charge < -0.3 is 10.2 Å². The average Bonchev–Trinajstić information content (AvgIpc) is 2.73. The van der Waals surface area contributed by atoms with E-state index >= 15 is 0 Å². The number of carbonyl (C=O) groups is 2. The highest BCUT2D eigenvalue weighted by Crippen LogP contribution is 2.30. The Balaban J connectivity index is 1.95. The molecule has 0 saturated heterocycles. The van der Waals surface area contributed by atoms with E-state index in [1.54, 1.807) is 0 Å². The van der Waals surface area contributed by atoms with Crippen LogP contribution in [-0.2, 0) is 11.1 Å². The van der Waals surface area contributed by atoms with Crippen molar-refractivity contribution in [1.82, 2.24) is 9.80 Å². The number of unbranched alkanes of at least 4 members (excludes halogenated alkanes) is 2. The van der Waals surface area contributed by atoms with E-state index in [9.17, 15) is 19.8 Å². The molecule has 0 aliphatic heterocycles. The highest BCUT2D eigenvalue weighted by Gasteiger charge is 2.33. The zero-order chi connectivity index (χ0) is 23.1. The molecule has 6 heteroatoms. The molecule has 0 aliphatic carbocycles. The van der Waals surface area contributed by atoms with Gasteiger partial charge in [0.05, 0.1) is 11.1 Å². The number of carboxylic acid groups (broad SMARTS) is 2. The summed E-state index contributed by atoms with van der Waals surface area (Å²) in [5.41, 5.74) is 0.600. The summed E-state index contributed by atoms with van der Waals surface area (Å²) in [4.78, 5) is 26.7. The van der Waals surface area contributed by atoms with E-state index in [0.717, 1.165) is 17.5 Å². The maximum Gasteiger partial charge on any atom is 0.408 e. The van der Waals surface area contributed by atoms with Crippen molar-refractivity contribution in [2.24, 2.45) is 0 Å². The summed E-state index contributed by atoms with van der Waals surface area (Å²) in [6.07, 6.45) is 0.171. The molecule has 0 aliphatic rings. The van der Waals surface area contributed by atoms with Crippen LogP contribution in [0.25, 0.3) is 0 Å². The molecule has 0 radical (unpaired) electrons. The Bertz CT molecular complexity index is 779. The molecular formula is C25H34N2O4. The smallest absolute Gasteiger partial charge is 0.408 e. The van der Waals surface area contributed by atoms with Gasteiger partial charge in [-0.3, -0.25) is 9.80 Å². The van der Waals surface area contributed by atoms with E-state index in [0.29, 0.717) is 25.9 Å². The first-order valence-corrected chi connectivity index (χ1v) is 10.7. The number of benzene rings is 2. The highest BCUT2D eigenvalue weighted by atomic mass is 16.4. The quantitative estimate of drug-likeness (QED) is 0.457. The van der Waals surface area contributed by atoms with Gasteiger partial charge in [0.1, 0.15) is 0 Å². The molecule has 0 unspecified atom stereocenters. The van der Waals surface area contributed by atoms with E-state index < -0.39 is 23.3 Å². The predicted octanol–water partition coefficient (Wildman–Crippen LogP) is 5.99. The van der Waals surface area contributed by atoms with E-state index in [1.165, 1.54) is 9.80 Å². The van der Waals surface area contributed by atoms with Gasteiger partial charge in [0.2, 0.25) is 0 Å². The van der Waals surface area contributed by atoms with E-state index in [4.69, 9.17) is 0 Å². The summed E-state index contributed by atoms with van der Waals surface area (Å²) in [5, 5.41) is 19.5. The van der Waals surface area contributed by atoms with Crippen molar-refractivity contribution in [2.75, 3.05) is 13.1 Å². The van der Waals surface area contributed by atoms with Gasteiger partial charge in [0.25, 0.3) is 0 Å². The van der Waals surface area contributed by atoms with Gasteiger partial charge in [-0.1, -0.05) is 60.7 Å². The predicted molar refractivity (Wildman–Crippen MR) is 122 cm³/mol. The maximum absolute atomic E-state index is 11.9. The van der Waals surface area contributed by atoms with Gasteiger partial charge in [0.15, 0.2) is 0 Å². The summed E-state index contributed by atoms with van der Waals surface area (Å²) in [7, 11) is 0. The molecule has 31 heavy (non-hydrogen) atoms. The van der Waals surface area contributed by atoms with Crippen molar-refractivity contribution in [3.05, 3.63) is 71.8 Å². The monoisotopic (exact) mass is 426 g/mol. The fourth-order valence-electron chi connectivity index (χ4n) is 3.95. The molecule has 168 valence electrons. The molecule has 2 aromatic rings. The number of hydrogen-bond acceptors (Lipinski definition) is 2. The van der Waals surface area contributed by atoms with Crippen LogP contribution in [0.3, 0.4) is 0 Å². The van der Waals surface area contributed by atoms with Crippen LogP contribution in [0.15, 0.2) is 60.7 Å². The summed E-state index contributed by atoms with van der Waals surface area (Å²) in [6.45, 7) is 8.42. The SMILES string of the molecule is CC(C)(c1ccccc1)N(CCCCCN(C(=O)O)C(C)(C)c1ccccc1)C(=O)O. The average molecular weight is 427 g/mol. The Morgan fingerprint density at radius 3 is 1.26 bits per heavy atom. The number of hydrogen-bond donors (Lipinski definition) is 2. The Kier molecular flexibility index (Phi) is 8.08. The van der Waals surface area contributed by atoms with Gasteiger partial charge in [-0.05, 0) is 58.1 Å². The fourth-order valence-corrected chi connectivity index (χ4v) is 3.95. The molecule has 6 nitrogen and oxygen atoms in total. The summed E-state index contributed by atoms with van der Waals surface area (Å²) < 4.78 is 0. The molecular weight excluding hydrogens is 392 g/mol. The molecule has 0 fully saturated rings. The molecule has 2 N–H and O–H groups in total. The third kappa shape index (κ3) is 6.00. The highest BCUT2D eigenvalue weighted by molar-refractivity contribution is 5.67. The minimum Gasteiger partial charge on any atom is -0.465 e. The van der Waals surface area contributed by atoms with Gasteiger partial charge in [-0.25, -0.2) is 9.59 Å². The van der Waals surface area contributed by atoms with Crippen molar-refractivity contribution in [1.29, 1.82) is 0 Å². The number of amides is 2. The lowest BCUT2D eigenvalue weighted by Crippen LogP contribution is -2.46. The number of nitrogens with zero attached hydrogens (tertiary/aromatic N) is 2. The van der Waals surface area contributed by atoms with E-state index in [2.05, 4.69) is 0 Å². The van der Waals surface area contributed by atoms with E-state index in [-0.39, 0.29) is 0 Å². The number of rotatable bonds is 10. The molecule has 2 amide bonds. The van der Waals surface area contributed by atoms with Crippen molar-refractivity contribution in [3.63, 3.8) is 0 Å². The zero-order valence-corrected chi connectivity index (χ0v) is 18.9. The van der Waals surface area contributed by atoms with Crippen molar-refractivity contribution < 1.29 is 19.8 Å². The van der Waals surface area contributed by atoms with Crippen LogP contribution in [0.5, 0.6) is 0 Å². The molecule has 2 rings (SSSR count). The normalized spacial score (nSPS) is 11.7. The second kappa shape index (κ2) is 10.3. The van der Waals surface area contributed by atoms with Gasteiger partial charge in [0, 0.05) is 13.1 Å². The lowest BCUT2D eigenvalue weighted by molar-refractivity contribution is 0.0856. The van der Waals surface area contributed by atoms with Crippen LogP contribution in [-0.4, -0.2) is 45.3 Å². The van der Waals surface area contributed by atoms with Crippen LogP contribution in [0.2, 0.25) is 0 Å². The maximum atomic E-state index is 11.9. The van der Waals surface area contributed by atoms with Gasteiger partial charge in [-0.2, -0.15) is 0 Å². The third-order valence-electron chi connectivity index (χ3n) is 6.04. The standard InChI is InChI=1S/C25H34N2O4/c1-24(2,20-14-8-5-9-15-20)26(22(28)29)18-12-7-13-19-27(23(30)31)25(3,4)21-16-10-6-11-17-21/h5-6,8-11,14-17H,7,12-13,18-19H2,1-4H3,(H,28,29)(H,30,31). The summed E-state index contributed by atoms with van der Waals surface area (Å²) in [5.74, 6) is 0. The molecule has 0 heterocycles. The van der Waals surface area contributed by atoms with Crippen LogP contribution in [0.4, 0.5) is 9.59 Å². The largest absolute Gasteiger partial charge is 0.465 e. The molecule has 0 atom stereocenters. The first kappa shape index (κ1) is 24.3. The first-order valence-electron chi connectivity index (χ1n) is 10.7. The van der Waals surface area contributed by atoms with Gasteiger partial charge >= 0.3 is 12.2 Å². The minimum atomic E-state index is -0.953. The molecule has 0 spiro atoms. The topological polar surface area (TPSA) is 81.1 Å². The van der Waals surface area contributed by atoms with E-state index in [1.807, 2.05) is 88.4 Å². The second-order valence-corrected chi connectivity index (χ2v) is 8.78. The Labute approximate surface area is 185 Å². The second-order valence-electron chi connectivity index (χ2n) is 8.78. The lowest BCUT2D eigenvalue weighted by atomic mass is 9.91. The Morgan fingerprint density at radius 2 is 0.968 bits per heavy atom. The van der Waals surface area contributed by atoms with Crippen LogP contribution < -0.4 is 0 Å². The van der Waals surface area contributed by atoms with Crippen LogP contribution in [0.1, 0.15) is 58.1 Å². The Hall–Kier alpha value is -3.02.